The fourth-order valence-electron chi connectivity index (χ4n) is 2.32. The number of benzene rings is 2. The van der Waals surface area contributed by atoms with E-state index in [0.717, 1.165) is 17.0 Å². The van der Waals surface area contributed by atoms with Gasteiger partial charge in [-0.25, -0.2) is 13.1 Å². The van der Waals surface area contributed by atoms with Gasteiger partial charge in [-0.3, -0.25) is 0 Å². The lowest BCUT2D eigenvalue weighted by Crippen LogP contribution is -2.29. The van der Waals surface area contributed by atoms with Crippen LogP contribution in [0.25, 0.3) is 0 Å². The van der Waals surface area contributed by atoms with Gasteiger partial charge in [0.2, 0.25) is 10.0 Å². The molecule has 6 heteroatoms. The van der Waals surface area contributed by atoms with Gasteiger partial charge in [0.1, 0.15) is 12.4 Å². The molecule has 3 rings (SSSR count). The molecule has 1 heterocycles. The Morgan fingerprint density at radius 3 is 2.52 bits per heavy atom. The molecule has 0 aromatic heterocycles. The van der Waals surface area contributed by atoms with Gasteiger partial charge in [0.25, 0.3) is 0 Å². The van der Waals surface area contributed by atoms with Gasteiger partial charge in [-0.2, -0.15) is 0 Å². The fourth-order valence-corrected chi connectivity index (χ4v) is 3.52. The lowest BCUT2D eigenvalue weighted by Gasteiger charge is -2.12. The summed E-state index contributed by atoms with van der Waals surface area (Å²) in [6.45, 7) is 0.313. The van der Waals surface area contributed by atoms with Gasteiger partial charge in [-0.1, -0.05) is 18.2 Å². The lowest BCUT2D eigenvalue weighted by molar-refractivity contribution is 0.325. The Kier molecular flexibility index (Phi) is 3.57. The predicted octanol–water partition coefficient (Wildman–Crippen LogP) is 2.14. The molecule has 110 valence electrons. The number of anilines is 1. The smallest absolute Gasteiger partial charge is 0.241 e. The zero-order chi connectivity index (χ0) is 14.9. The van der Waals surface area contributed by atoms with Crippen LogP contribution in [0.3, 0.4) is 0 Å². The fraction of sp³-hybridized carbons (Fsp3) is 0.200. The summed E-state index contributed by atoms with van der Waals surface area (Å²) in [5.41, 5.74) is 1.73. The van der Waals surface area contributed by atoms with Gasteiger partial charge in [0.15, 0.2) is 0 Å². The van der Waals surface area contributed by atoms with Gasteiger partial charge < -0.3 is 10.1 Å². The van der Waals surface area contributed by atoms with Crippen LogP contribution in [0.4, 0.5) is 5.69 Å². The molecule has 2 aromatic carbocycles. The van der Waals surface area contributed by atoms with Crippen molar-refractivity contribution in [3.8, 4) is 5.75 Å². The van der Waals surface area contributed by atoms with E-state index in [1.165, 1.54) is 0 Å². The minimum Gasteiger partial charge on any atom is -0.491 e. The third kappa shape index (κ3) is 2.72. The summed E-state index contributed by atoms with van der Waals surface area (Å²) in [5.74, 6) is 0.732. The Balaban J connectivity index is 1.83. The Morgan fingerprint density at radius 2 is 1.81 bits per heavy atom. The van der Waals surface area contributed by atoms with E-state index in [9.17, 15) is 8.42 Å². The van der Waals surface area contributed by atoms with E-state index >= 15 is 0 Å². The number of para-hydroxylation sites is 1. The number of hydrogen-bond donors (Lipinski definition) is 2. The van der Waals surface area contributed by atoms with Crippen molar-refractivity contribution in [2.75, 3.05) is 19.0 Å². The second kappa shape index (κ2) is 5.38. The molecule has 0 saturated carbocycles. The van der Waals surface area contributed by atoms with E-state index in [0.29, 0.717) is 6.61 Å². The van der Waals surface area contributed by atoms with Crippen molar-refractivity contribution in [2.24, 2.45) is 0 Å². The van der Waals surface area contributed by atoms with E-state index in [-0.39, 0.29) is 10.9 Å². The Hall–Kier alpha value is -2.05. The molecule has 1 atom stereocenters. The number of ether oxygens (including phenoxy) is 1. The summed E-state index contributed by atoms with van der Waals surface area (Å²) in [6.07, 6.45) is 0. The van der Waals surface area contributed by atoms with Crippen LogP contribution in [0.15, 0.2) is 53.4 Å². The second-order valence-electron chi connectivity index (χ2n) is 4.80. The monoisotopic (exact) mass is 304 g/mol. The first-order valence-corrected chi connectivity index (χ1v) is 8.10. The van der Waals surface area contributed by atoms with Crippen molar-refractivity contribution in [1.29, 1.82) is 0 Å². The molecule has 0 amide bonds. The molecule has 0 radical (unpaired) electrons. The lowest BCUT2D eigenvalue weighted by atomic mass is 10.1. The third-order valence-corrected chi connectivity index (χ3v) is 4.94. The molecule has 0 spiro atoms. The van der Waals surface area contributed by atoms with Gasteiger partial charge in [-0.15, -0.1) is 0 Å². The van der Waals surface area contributed by atoms with E-state index in [4.69, 9.17) is 4.74 Å². The molecule has 2 N–H and O–H groups in total. The predicted molar refractivity (Wildman–Crippen MR) is 81.0 cm³/mol. The highest BCUT2D eigenvalue weighted by atomic mass is 32.2. The highest BCUT2D eigenvalue weighted by Crippen LogP contribution is 2.32. The van der Waals surface area contributed by atoms with Crippen molar-refractivity contribution in [3.63, 3.8) is 0 Å². The molecule has 21 heavy (non-hydrogen) atoms. The minimum atomic E-state index is -3.57. The molecule has 0 aliphatic carbocycles. The van der Waals surface area contributed by atoms with E-state index < -0.39 is 10.0 Å². The van der Waals surface area contributed by atoms with Crippen LogP contribution in [-0.4, -0.2) is 22.1 Å². The first kappa shape index (κ1) is 13.9. The number of rotatable bonds is 4. The van der Waals surface area contributed by atoms with Crippen molar-refractivity contribution < 1.29 is 13.2 Å². The summed E-state index contributed by atoms with van der Waals surface area (Å²) >= 11 is 0. The summed E-state index contributed by atoms with van der Waals surface area (Å²) < 4.78 is 33.0. The Labute approximate surface area is 124 Å². The van der Waals surface area contributed by atoms with Crippen LogP contribution in [-0.2, 0) is 10.0 Å². The van der Waals surface area contributed by atoms with Crippen molar-refractivity contribution in [1.82, 2.24) is 4.72 Å². The molecule has 0 bridgehead atoms. The van der Waals surface area contributed by atoms with E-state index in [2.05, 4.69) is 10.0 Å². The Bertz CT molecular complexity index is 742. The minimum absolute atomic E-state index is 0.242. The van der Waals surface area contributed by atoms with E-state index in [1.807, 2.05) is 24.3 Å². The largest absolute Gasteiger partial charge is 0.491 e. The molecule has 1 aliphatic heterocycles. The molecule has 1 unspecified atom stereocenters. The summed E-state index contributed by atoms with van der Waals surface area (Å²) in [4.78, 5) is 0.242. The first-order valence-electron chi connectivity index (χ1n) is 6.62. The number of hydrogen-bond acceptors (Lipinski definition) is 4. The van der Waals surface area contributed by atoms with Crippen LogP contribution in [0.2, 0.25) is 0 Å². The number of sulfonamides is 1. The topological polar surface area (TPSA) is 67.4 Å². The van der Waals surface area contributed by atoms with Gasteiger partial charge in [0.05, 0.1) is 10.9 Å². The standard InChI is InChI=1S/C15H16N2O3S/c1-16-11-6-8-12(9-7-11)21(18,19)17-14-10-20-15-5-3-2-4-13(14)15/h2-9,14,16-17H,10H2,1H3. The number of fused-ring (bicyclic) bond motifs is 1. The van der Waals surface area contributed by atoms with Crippen molar-refractivity contribution in [2.45, 2.75) is 10.9 Å². The van der Waals surface area contributed by atoms with Crippen LogP contribution in [0, 0.1) is 0 Å². The van der Waals surface area contributed by atoms with Crippen LogP contribution >= 0.6 is 0 Å². The molecule has 0 fully saturated rings. The van der Waals surface area contributed by atoms with Crippen molar-refractivity contribution >= 4 is 15.7 Å². The zero-order valence-electron chi connectivity index (χ0n) is 11.5. The number of nitrogens with one attached hydrogen (secondary N) is 2. The average molecular weight is 304 g/mol. The molecular weight excluding hydrogens is 288 g/mol. The van der Waals surface area contributed by atoms with E-state index in [1.54, 1.807) is 31.3 Å². The molecule has 0 saturated heterocycles. The highest BCUT2D eigenvalue weighted by Gasteiger charge is 2.28. The van der Waals surface area contributed by atoms with Gasteiger partial charge in [0, 0.05) is 18.3 Å². The normalized spacial score (nSPS) is 17.1. The molecule has 1 aliphatic rings. The molecular formula is C15H16N2O3S. The third-order valence-electron chi connectivity index (χ3n) is 3.45. The van der Waals surface area contributed by atoms with Crippen LogP contribution < -0.4 is 14.8 Å². The van der Waals surface area contributed by atoms with Crippen molar-refractivity contribution in [3.05, 3.63) is 54.1 Å². The maximum absolute atomic E-state index is 12.4. The SMILES string of the molecule is CNc1ccc(S(=O)(=O)NC2COc3ccccc32)cc1. The van der Waals surface area contributed by atoms with Gasteiger partial charge >= 0.3 is 0 Å². The zero-order valence-corrected chi connectivity index (χ0v) is 12.4. The quantitative estimate of drug-likeness (QED) is 0.908. The molecule has 5 nitrogen and oxygen atoms in total. The summed E-state index contributed by atoms with van der Waals surface area (Å²) in [6, 6.07) is 13.7. The maximum Gasteiger partial charge on any atom is 0.241 e. The van der Waals surface area contributed by atoms with Crippen LogP contribution in [0.5, 0.6) is 5.75 Å². The summed E-state index contributed by atoms with van der Waals surface area (Å²) in [5, 5.41) is 2.96. The Morgan fingerprint density at radius 1 is 1.10 bits per heavy atom. The highest BCUT2D eigenvalue weighted by molar-refractivity contribution is 7.89. The second-order valence-corrected chi connectivity index (χ2v) is 6.51. The maximum atomic E-state index is 12.4. The van der Waals surface area contributed by atoms with Gasteiger partial charge in [-0.05, 0) is 30.3 Å². The summed E-state index contributed by atoms with van der Waals surface area (Å²) in [7, 11) is -1.78. The first-order chi connectivity index (χ1) is 10.1. The van der Waals surface area contributed by atoms with Crippen LogP contribution in [0.1, 0.15) is 11.6 Å². The average Bonchev–Trinajstić information content (AvgIpc) is 2.90. The molecule has 2 aromatic rings.